The van der Waals surface area contributed by atoms with Crippen LogP contribution in [0.5, 0.6) is 17.2 Å². The summed E-state index contributed by atoms with van der Waals surface area (Å²) in [6.45, 7) is 6.99. The molecule has 2 aliphatic carbocycles. The lowest BCUT2D eigenvalue weighted by molar-refractivity contribution is 0.414. The zero-order valence-corrected chi connectivity index (χ0v) is 36.5. The second kappa shape index (κ2) is 14.2. The highest BCUT2D eigenvalue weighted by Crippen LogP contribution is 2.54. The van der Waals surface area contributed by atoms with Crippen molar-refractivity contribution in [3.05, 3.63) is 222 Å². The Morgan fingerprint density at radius 1 is 0.508 bits per heavy atom. The molecule has 9 aromatic rings. The Morgan fingerprint density at radius 2 is 1.05 bits per heavy atom. The Bertz CT molecular complexity index is 3490. The quantitative estimate of drug-likeness (QED) is 0.162. The predicted octanol–water partition coefficient (Wildman–Crippen LogP) is 16.2. The molecule has 0 radical (unpaired) electrons. The number of para-hydroxylation sites is 7. The molecule has 0 N–H and O–H groups in total. The Balaban J connectivity index is 0.875. The van der Waals surface area contributed by atoms with Gasteiger partial charge in [0.25, 0.3) is 0 Å². The monoisotopic (exact) mass is 839 g/mol. The number of fused-ring (bicyclic) bond motifs is 9. The fourth-order valence-corrected chi connectivity index (χ4v) is 10.7. The maximum Gasteiger partial charge on any atom is 0.151 e. The highest BCUT2D eigenvalue weighted by Gasteiger charge is 2.37. The summed E-state index contributed by atoms with van der Waals surface area (Å²) < 4.78 is 15.2. The van der Waals surface area contributed by atoms with Crippen LogP contribution in [0.15, 0.2) is 200 Å². The van der Waals surface area contributed by atoms with Crippen LogP contribution in [0, 0.1) is 5.92 Å². The molecule has 0 bridgehead atoms. The molecule has 0 amide bonds. The van der Waals surface area contributed by atoms with Gasteiger partial charge in [-0.05, 0) is 143 Å². The summed E-state index contributed by atoms with van der Waals surface area (Å²) in [5.41, 5.74) is 17.5. The lowest BCUT2D eigenvalue weighted by atomic mass is 9.81. The van der Waals surface area contributed by atoms with Gasteiger partial charge in [-0.1, -0.05) is 124 Å². The first-order valence-electron chi connectivity index (χ1n) is 22.6. The molecule has 0 saturated carbocycles. The van der Waals surface area contributed by atoms with Gasteiger partial charge in [0, 0.05) is 33.2 Å². The summed E-state index contributed by atoms with van der Waals surface area (Å²) in [5.74, 6) is 3.94. The first-order chi connectivity index (χ1) is 31.9. The third-order valence-corrected chi connectivity index (χ3v) is 13.9. The first-order valence-corrected chi connectivity index (χ1v) is 22.6. The van der Waals surface area contributed by atoms with Crippen molar-refractivity contribution in [1.82, 2.24) is 4.57 Å². The summed E-state index contributed by atoms with van der Waals surface area (Å²) >= 11 is 0. The molecule has 5 nitrogen and oxygen atoms in total. The number of aromatic nitrogens is 1. The number of hydrogen-bond donors (Lipinski definition) is 0. The average molecular weight is 840 g/mol. The predicted molar refractivity (Wildman–Crippen MR) is 268 cm³/mol. The Morgan fingerprint density at radius 3 is 1.77 bits per heavy atom. The molecule has 0 fully saturated rings. The Hall–Kier alpha value is -8.02. The first kappa shape index (κ1) is 37.5. The number of anilines is 5. The van der Waals surface area contributed by atoms with E-state index < -0.39 is 0 Å². The van der Waals surface area contributed by atoms with Gasteiger partial charge >= 0.3 is 0 Å². The maximum absolute atomic E-state index is 6.47. The van der Waals surface area contributed by atoms with Gasteiger partial charge in [0.2, 0.25) is 0 Å². The molecule has 4 aliphatic rings. The molecule has 5 heteroatoms. The SMILES string of the molecule is CC1C=CC2=C(C1)N(c1ccc3c(c1)c1cc(C=Cc4ccc5c(c4)C(C)(C)c4cc(N6c7ccccc7Oc7ccccc76)ccc4-5)ccc1n3-c1ccccc1)c1ccccc1O2. The van der Waals surface area contributed by atoms with Crippen molar-refractivity contribution < 1.29 is 9.47 Å². The van der Waals surface area contributed by atoms with E-state index in [1.807, 2.05) is 30.3 Å². The van der Waals surface area contributed by atoms with Crippen molar-refractivity contribution in [3.8, 4) is 34.1 Å². The van der Waals surface area contributed by atoms with Crippen LogP contribution in [0.1, 0.15) is 49.4 Å². The molecule has 1 atom stereocenters. The fraction of sp³-hybridized carbons (Fsp3) is 0.100. The zero-order valence-electron chi connectivity index (χ0n) is 36.5. The highest BCUT2D eigenvalue weighted by molar-refractivity contribution is 6.11. The van der Waals surface area contributed by atoms with Crippen molar-refractivity contribution in [2.45, 2.75) is 32.6 Å². The molecule has 13 rings (SSSR count). The summed E-state index contributed by atoms with van der Waals surface area (Å²) in [4.78, 5) is 4.75. The molecule has 1 aromatic heterocycles. The van der Waals surface area contributed by atoms with Crippen LogP contribution in [0.2, 0.25) is 0 Å². The minimum absolute atomic E-state index is 0.199. The number of benzene rings is 8. The molecule has 312 valence electrons. The molecular formula is C60H45N3O2. The van der Waals surface area contributed by atoms with Crippen molar-refractivity contribution in [2.75, 3.05) is 9.80 Å². The molecular weight excluding hydrogens is 795 g/mol. The normalized spacial score (nSPS) is 16.4. The van der Waals surface area contributed by atoms with E-state index in [1.54, 1.807) is 0 Å². The largest absolute Gasteiger partial charge is 0.453 e. The van der Waals surface area contributed by atoms with Crippen LogP contribution in [0.25, 0.3) is 50.8 Å². The zero-order chi connectivity index (χ0) is 43.4. The second-order valence-corrected chi connectivity index (χ2v) is 18.3. The molecule has 2 aliphatic heterocycles. The smallest absolute Gasteiger partial charge is 0.151 e. The van der Waals surface area contributed by atoms with E-state index in [-0.39, 0.29) is 5.41 Å². The van der Waals surface area contributed by atoms with Crippen molar-refractivity contribution in [3.63, 3.8) is 0 Å². The van der Waals surface area contributed by atoms with E-state index in [2.05, 4.69) is 205 Å². The Labute approximate surface area is 379 Å². The third-order valence-electron chi connectivity index (χ3n) is 13.9. The van der Waals surface area contributed by atoms with E-state index in [0.29, 0.717) is 5.92 Å². The maximum atomic E-state index is 6.47. The van der Waals surface area contributed by atoms with Crippen LogP contribution in [0.4, 0.5) is 28.4 Å². The van der Waals surface area contributed by atoms with E-state index in [0.717, 1.165) is 69.1 Å². The molecule has 1 unspecified atom stereocenters. The number of nitrogens with zero attached hydrogens (tertiary/aromatic N) is 3. The van der Waals surface area contributed by atoms with Gasteiger partial charge < -0.3 is 23.8 Å². The van der Waals surface area contributed by atoms with Gasteiger partial charge in [-0.15, -0.1) is 0 Å². The van der Waals surface area contributed by atoms with Crippen LogP contribution >= 0.6 is 0 Å². The topological polar surface area (TPSA) is 29.9 Å². The van der Waals surface area contributed by atoms with Gasteiger partial charge in [0.05, 0.1) is 33.8 Å². The van der Waals surface area contributed by atoms with Crippen molar-refractivity contribution in [2.24, 2.45) is 5.92 Å². The summed E-state index contributed by atoms with van der Waals surface area (Å²) in [5, 5.41) is 2.43. The summed E-state index contributed by atoms with van der Waals surface area (Å²) in [6.07, 6.45) is 9.84. The minimum atomic E-state index is -0.199. The molecule has 0 saturated heterocycles. The Kier molecular flexibility index (Phi) is 8.23. The van der Waals surface area contributed by atoms with Crippen molar-refractivity contribution >= 4 is 62.4 Å². The lowest BCUT2D eigenvalue weighted by Gasteiger charge is -2.36. The van der Waals surface area contributed by atoms with E-state index in [4.69, 9.17) is 9.47 Å². The molecule has 0 spiro atoms. The molecule has 8 aromatic carbocycles. The minimum Gasteiger partial charge on any atom is -0.453 e. The lowest BCUT2D eigenvalue weighted by Crippen LogP contribution is -2.26. The van der Waals surface area contributed by atoms with Gasteiger partial charge in [-0.3, -0.25) is 0 Å². The number of allylic oxidation sites excluding steroid dienone is 3. The van der Waals surface area contributed by atoms with Crippen LogP contribution in [-0.2, 0) is 5.41 Å². The van der Waals surface area contributed by atoms with Gasteiger partial charge in [-0.25, -0.2) is 0 Å². The van der Waals surface area contributed by atoms with E-state index in [1.165, 1.54) is 55.3 Å². The van der Waals surface area contributed by atoms with Crippen LogP contribution < -0.4 is 19.3 Å². The van der Waals surface area contributed by atoms with Crippen molar-refractivity contribution in [1.29, 1.82) is 0 Å². The standard InChI is InChI=1S/C60H45N3O2/c1-38-21-32-59-55(33-38)63(54-17-9-12-20-58(54)65-59)42-27-31-51-47(36-42)46-34-39(25-30-50(46)61(51)41-13-5-4-6-14-41)22-23-40-24-28-44-45-29-26-43(37-49(45)60(2,3)48(44)35-40)62-52-15-7-10-18-56(52)64-57-19-11-8-16-53(57)62/h4-32,34-38H,33H2,1-3H3. The van der Waals surface area contributed by atoms with E-state index in [9.17, 15) is 0 Å². The second-order valence-electron chi connectivity index (χ2n) is 18.3. The highest BCUT2D eigenvalue weighted by atomic mass is 16.5. The molecule has 3 heterocycles. The van der Waals surface area contributed by atoms with Crippen LogP contribution in [-0.4, -0.2) is 4.57 Å². The average Bonchev–Trinajstić information content (AvgIpc) is 3.78. The number of hydrogen-bond acceptors (Lipinski definition) is 4. The van der Waals surface area contributed by atoms with E-state index >= 15 is 0 Å². The van der Waals surface area contributed by atoms with Gasteiger partial charge in [-0.2, -0.15) is 0 Å². The third kappa shape index (κ3) is 5.85. The fourth-order valence-electron chi connectivity index (χ4n) is 10.7. The summed E-state index contributed by atoms with van der Waals surface area (Å²) in [6, 6.07) is 63.4. The van der Waals surface area contributed by atoms with Gasteiger partial charge in [0.1, 0.15) is 5.76 Å². The molecule has 65 heavy (non-hydrogen) atoms. The van der Waals surface area contributed by atoms with Gasteiger partial charge in [0.15, 0.2) is 17.2 Å². The number of ether oxygens (including phenoxy) is 2. The number of rotatable bonds is 5. The summed E-state index contributed by atoms with van der Waals surface area (Å²) in [7, 11) is 0. The van der Waals surface area contributed by atoms with Crippen LogP contribution in [0.3, 0.4) is 0 Å².